The third kappa shape index (κ3) is 4.27. The molecule has 34 heavy (non-hydrogen) atoms. The maximum absolute atomic E-state index is 14.7. The molecule has 3 fully saturated rings. The Kier molecular flexibility index (Phi) is 7.42. The number of halogens is 3. The van der Waals surface area contributed by atoms with Gasteiger partial charge in [-0.1, -0.05) is 74.1 Å². The van der Waals surface area contributed by atoms with Crippen molar-refractivity contribution < 1.29 is 23.0 Å². The fourth-order valence-corrected chi connectivity index (χ4v) is 9.06. The van der Waals surface area contributed by atoms with Crippen LogP contribution in [-0.4, -0.2) is 29.6 Å². The van der Waals surface area contributed by atoms with Crippen molar-refractivity contribution in [3.63, 3.8) is 0 Å². The van der Waals surface area contributed by atoms with Crippen molar-refractivity contribution in [3.05, 3.63) is 0 Å². The van der Waals surface area contributed by atoms with Crippen molar-refractivity contribution in [1.82, 2.24) is 0 Å². The quantitative estimate of drug-likeness (QED) is 0.388. The lowest BCUT2D eigenvalue weighted by Crippen LogP contribution is -2.55. The molecule has 0 bridgehead atoms. The van der Waals surface area contributed by atoms with Gasteiger partial charge < -0.3 is 9.84 Å². The largest absolute Gasteiger partial charge is 0.395 e. The summed E-state index contributed by atoms with van der Waals surface area (Å²) in [6, 6.07) is 0. The smallest absolute Gasteiger partial charge is 0.389 e. The Morgan fingerprint density at radius 2 is 1.24 bits per heavy atom. The van der Waals surface area contributed by atoms with Gasteiger partial charge in [-0.25, -0.2) is 0 Å². The minimum absolute atomic E-state index is 0.0847. The molecule has 5 heteroatoms. The second kappa shape index (κ2) is 8.92. The maximum Gasteiger partial charge on any atom is 0.395 e. The van der Waals surface area contributed by atoms with Crippen molar-refractivity contribution in [2.75, 3.05) is 7.11 Å². The van der Waals surface area contributed by atoms with Crippen LogP contribution in [0.3, 0.4) is 0 Å². The highest BCUT2D eigenvalue weighted by Crippen LogP contribution is 2.66. The van der Waals surface area contributed by atoms with Crippen LogP contribution in [-0.2, 0) is 4.74 Å². The highest BCUT2D eigenvalue weighted by molar-refractivity contribution is 5.10. The Labute approximate surface area is 206 Å². The number of aliphatic hydroxyl groups is 1. The molecule has 2 nitrogen and oxygen atoms in total. The molecule has 0 saturated heterocycles. The van der Waals surface area contributed by atoms with E-state index in [1.807, 2.05) is 21.0 Å². The summed E-state index contributed by atoms with van der Waals surface area (Å²) in [5.74, 6) is -0.373. The topological polar surface area (TPSA) is 29.5 Å². The van der Waals surface area contributed by atoms with Gasteiger partial charge >= 0.3 is 6.18 Å². The molecule has 3 aliphatic carbocycles. The summed E-state index contributed by atoms with van der Waals surface area (Å²) in [6.07, 6.45) is 5.46. The van der Waals surface area contributed by atoms with Gasteiger partial charge in [0.05, 0.1) is 16.6 Å². The third-order valence-electron chi connectivity index (χ3n) is 11.2. The Hall–Kier alpha value is -0.290. The summed E-state index contributed by atoms with van der Waals surface area (Å²) in [5.41, 5.74) is -4.34. The zero-order valence-electron chi connectivity index (χ0n) is 23.1. The molecule has 0 heterocycles. The van der Waals surface area contributed by atoms with Gasteiger partial charge in [-0.2, -0.15) is 13.2 Å². The lowest BCUT2D eigenvalue weighted by molar-refractivity contribution is -0.277. The summed E-state index contributed by atoms with van der Waals surface area (Å²) in [5, 5.41) is 12.3. The monoisotopic (exact) mass is 488 g/mol. The van der Waals surface area contributed by atoms with E-state index in [2.05, 4.69) is 13.8 Å². The normalized spacial score (nSPS) is 35.3. The highest BCUT2D eigenvalue weighted by atomic mass is 19.4. The minimum atomic E-state index is -4.24. The van der Waals surface area contributed by atoms with Gasteiger partial charge in [-0.15, -0.1) is 0 Å². The number of hydrogen-bond acceptors (Lipinski definition) is 2. The molecular formula is C29H51F3O2. The Morgan fingerprint density at radius 1 is 0.735 bits per heavy atom. The van der Waals surface area contributed by atoms with Crippen LogP contribution in [0.1, 0.15) is 126 Å². The molecule has 200 valence electrons. The molecule has 0 aromatic rings. The molecule has 1 N–H and O–H groups in total. The lowest BCUT2D eigenvalue weighted by atomic mass is 9.54. The van der Waals surface area contributed by atoms with Crippen LogP contribution in [0.5, 0.6) is 0 Å². The molecule has 3 rings (SSSR count). The summed E-state index contributed by atoms with van der Waals surface area (Å²) in [7, 11) is 1.82. The molecule has 0 aromatic carbocycles. The van der Waals surface area contributed by atoms with Crippen molar-refractivity contribution in [2.24, 2.45) is 33.5 Å². The number of ether oxygens (including phenoxy) is 1. The van der Waals surface area contributed by atoms with Crippen LogP contribution in [0.15, 0.2) is 0 Å². The molecule has 0 aliphatic heterocycles. The van der Waals surface area contributed by atoms with Crippen molar-refractivity contribution in [1.29, 1.82) is 0 Å². The summed E-state index contributed by atoms with van der Waals surface area (Å²) in [4.78, 5) is 0. The second-order valence-electron chi connectivity index (χ2n) is 14.4. The Bertz CT molecular complexity index is 698. The summed E-state index contributed by atoms with van der Waals surface area (Å²) >= 11 is 0. The van der Waals surface area contributed by atoms with Gasteiger partial charge in [0.1, 0.15) is 0 Å². The van der Waals surface area contributed by atoms with Gasteiger partial charge in [-0.3, -0.25) is 0 Å². The van der Waals surface area contributed by atoms with E-state index in [0.29, 0.717) is 25.7 Å². The second-order valence-corrected chi connectivity index (χ2v) is 14.4. The zero-order chi connectivity index (χ0) is 25.8. The number of alkyl halides is 3. The van der Waals surface area contributed by atoms with Gasteiger partial charge in [0.15, 0.2) is 0 Å². The van der Waals surface area contributed by atoms with Crippen molar-refractivity contribution in [2.45, 2.75) is 143 Å². The molecule has 4 atom stereocenters. The van der Waals surface area contributed by atoms with E-state index in [0.717, 1.165) is 32.1 Å². The van der Waals surface area contributed by atoms with Gasteiger partial charge in [-0.05, 0) is 79.4 Å². The molecule has 0 radical (unpaired) electrons. The van der Waals surface area contributed by atoms with E-state index in [4.69, 9.17) is 4.74 Å². The number of methoxy groups -OCH3 is 1. The van der Waals surface area contributed by atoms with Crippen LogP contribution in [0.2, 0.25) is 0 Å². The van der Waals surface area contributed by atoms with Crippen LogP contribution >= 0.6 is 0 Å². The highest BCUT2D eigenvalue weighted by Gasteiger charge is 2.67. The zero-order valence-corrected chi connectivity index (χ0v) is 23.1. The lowest BCUT2D eigenvalue weighted by Gasteiger charge is -2.53. The van der Waals surface area contributed by atoms with E-state index in [-0.39, 0.29) is 23.4 Å². The standard InChI is InChI=1S/C29H51F3O2/c1-23(2,3)27(29(30,31)32)17-11-13-21(27)19-25(6,7)28(33)18-12-14-22(28)20-24(4,5)26(34-8)15-9-10-16-26/h21-22,33H,9-20H2,1-8H3. The molecule has 0 spiro atoms. The SMILES string of the molecule is COC1(C(C)(C)CC2CCCC2(O)C(C)(C)CC2CCCC2(C(C)(C)C)C(F)(F)F)CCCC1. The first-order chi connectivity index (χ1) is 15.4. The van der Waals surface area contributed by atoms with E-state index in [9.17, 15) is 18.3 Å². The molecule has 4 unspecified atom stereocenters. The van der Waals surface area contributed by atoms with E-state index < -0.39 is 33.9 Å². The Balaban J connectivity index is 1.88. The van der Waals surface area contributed by atoms with E-state index in [1.165, 1.54) is 12.8 Å². The molecular weight excluding hydrogens is 437 g/mol. The molecule has 0 amide bonds. The molecule has 3 aliphatic rings. The Morgan fingerprint density at radius 3 is 1.74 bits per heavy atom. The number of hydrogen-bond donors (Lipinski definition) is 1. The summed E-state index contributed by atoms with van der Waals surface area (Å²) in [6.45, 7) is 13.9. The van der Waals surface area contributed by atoms with Crippen LogP contribution in [0.25, 0.3) is 0 Å². The molecule has 3 saturated carbocycles. The predicted octanol–water partition coefficient (Wildman–Crippen LogP) is 8.70. The molecule has 0 aromatic heterocycles. The average molecular weight is 489 g/mol. The number of rotatable bonds is 7. The van der Waals surface area contributed by atoms with Crippen molar-refractivity contribution in [3.8, 4) is 0 Å². The average Bonchev–Trinajstić information content (AvgIpc) is 3.40. The van der Waals surface area contributed by atoms with E-state index >= 15 is 0 Å². The predicted molar refractivity (Wildman–Crippen MR) is 133 cm³/mol. The van der Waals surface area contributed by atoms with Crippen LogP contribution in [0, 0.1) is 33.5 Å². The first-order valence-electron chi connectivity index (χ1n) is 13.7. The van der Waals surface area contributed by atoms with Crippen LogP contribution < -0.4 is 0 Å². The van der Waals surface area contributed by atoms with E-state index in [1.54, 1.807) is 20.8 Å². The van der Waals surface area contributed by atoms with Gasteiger partial charge in [0, 0.05) is 7.11 Å². The third-order valence-corrected chi connectivity index (χ3v) is 11.2. The first kappa shape index (κ1) is 28.3. The van der Waals surface area contributed by atoms with Crippen molar-refractivity contribution >= 4 is 0 Å². The minimum Gasteiger partial charge on any atom is -0.389 e. The van der Waals surface area contributed by atoms with Crippen LogP contribution in [0.4, 0.5) is 13.2 Å². The maximum atomic E-state index is 14.7. The van der Waals surface area contributed by atoms with Gasteiger partial charge in [0.2, 0.25) is 0 Å². The van der Waals surface area contributed by atoms with Gasteiger partial charge in [0.25, 0.3) is 0 Å². The first-order valence-corrected chi connectivity index (χ1v) is 13.7. The summed E-state index contributed by atoms with van der Waals surface area (Å²) < 4.78 is 50.2. The fourth-order valence-electron chi connectivity index (χ4n) is 9.06. The fraction of sp³-hybridized carbons (Fsp3) is 1.00.